The number of ketones is 1. The van der Waals surface area contributed by atoms with Crippen molar-refractivity contribution in [2.75, 3.05) is 0 Å². The Morgan fingerprint density at radius 2 is 1.77 bits per heavy atom. The zero-order valence-electron chi connectivity index (χ0n) is 16.2. The lowest BCUT2D eigenvalue weighted by atomic mass is 9.96. The summed E-state index contributed by atoms with van der Waals surface area (Å²) < 4.78 is 40.4. The third-order valence-corrected chi connectivity index (χ3v) is 6.31. The molecule has 0 fully saturated rings. The average Bonchev–Trinajstić information content (AvgIpc) is 3.41. The van der Waals surface area contributed by atoms with Crippen LogP contribution in [0.3, 0.4) is 0 Å². The molecule has 4 rings (SSSR count). The molecule has 3 aromatic rings. The topological polar surface area (TPSA) is 38.7 Å². The number of hydrogen-bond acceptors (Lipinski definition) is 4. The van der Waals surface area contributed by atoms with E-state index in [2.05, 4.69) is 5.16 Å². The van der Waals surface area contributed by atoms with Crippen molar-refractivity contribution >= 4 is 34.4 Å². The SMILES string of the molecule is O=C(CCC1CC(c2ccc(-c3ccccc3C(F)(F)F)cc2)=NO1)c1ccc(Cl)s1. The van der Waals surface area contributed by atoms with E-state index in [9.17, 15) is 18.0 Å². The molecule has 2 aromatic carbocycles. The number of alkyl halides is 3. The molecule has 1 unspecified atom stereocenters. The number of halogens is 4. The second-order valence-electron chi connectivity index (χ2n) is 7.16. The Morgan fingerprint density at radius 3 is 2.45 bits per heavy atom. The van der Waals surface area contributed by atoms with Crippen LogP contribution in [0.2, 0.25) is 4.34 Å². The Bertz CT molecular complexity index is 1120. The highest BCUT2D eigenvalue weighted by Crippen LogP contribution is 2.37. The summed E-state index contributed by atoms with van der Waals surface area (Å²) in [7, 11) is 0. The predicted octanol–water partition coefficient (Wildman–Crippen LogP) is 7.24. The number of benzene rings is 2. The van der Waals surface area contributed by atoms with E-state index in [4.69, 9.17) is 16.4 Å². The van der Waals surface area contributed by atoms with Gasteiger partial charge in [0.05, 0.1) is 20.5 Å². The second-order valence-corrected chi connectivity index (χ2v) is 8.87. The Hall–Kier alpha value is -2.64. The monoisotopic (exact) mass is 463 g/mol. The first-order valence-electron chi connectivity index (χ1n) is 9.59. The van der Waals surface area contributed by atoms with Crippen LogP contribution in [0.4, 0.5) is 13.2 Å². The van der Waals surface area contributed by atoms with Gasteiger partial charge >= 0.3 is 6.18 Å². The summed E-state index contributed by atoms with van der Waals surface area (Å²) >= 11 is 7.12. The molecule has 0 aliphatic carbocycles. The van der Waals surface area contributed by atoms with Crippen LogP contribution in [0.15, 0.2) is 65.8 Å². The van der Waals surface area contributed by atoms with E-state index in [0.29, 0.717) is 39.8 Å². The number of oxime groups is 1. The van der Waals surface area contributed by atoms with Gasteiger partial charge in [-0.2, -0.15) is 13.2 Å². The van der Waals surface area contributed by atoms with Crippen LogP contribution in [-0.2, 0) is 11.0 Å². The molecule has 0 saturated carbocycles. The summed E-state index contributed by atoms with van der Waals surface area (Å²) in [5, 5.41) is 4.11. The molecule has 2 heterocycles. The highest BCUT2D eigenvalue weighted by atomic mass is 35.5. The quantitative estimate of drug-likeness (QED) is 0.361. The molecule has 160 valence electrons. The first kappa shape index (κ1) is 21.6. The molecule has 1 atom stereocenters. The predicted molar refractivity (Wildman–Crippen MR) is 116 cm³/mol. The smallest absolute Gasteiger partial charge is 0.392 e. The Labute approximate surface area is 186 Å². The van der Waals surface area contributed by atoms with Crippen LogP contribution in [0, 0.1) is 0 Å². The fourth-order valence-corrected chi connectivity index (χ4v) is 4.47. The molecule has 3 nitrogen and oxygen atoms in total. The Balaban J connectivity index is 1.39. The van der Waals surface area contributed by atoms with Gasteiger partial charge in [-0.1, -0.05) is 59.2 Å². The van der Waals surface area contributed by atoms with Crippen molar-refractivity contribution in [3.8, 4) is 11.1 Å². The van der Waals surface area contributed by atoms with E-state index >= 15 is 0 Å². The minimum Gasteiger partial charge on any atom is -0.392 e. The third-order valence-electron chi connectivity index (χ3n) is 5.04. The van der Waals surface area contributed by atoms with Gasteiger partial charge in [-0.25, -0.2) is 0 Å². The highest BCUT2D eigenvalue weighted by Gasteiger charge is 2.33. The molecule has 0 radical (unpaired) electrons. The van der Waals surface area contributed by atoms with Crippen LogP contribution in [0.5, 0.6) is 0 Å². The molecule has 1 aromatic heterocycles. The van der Waals surface area contributed by atoms with Crippen molar-refractivity contribution in [3.63, 3.8) is 0 Å². The van der Waals surface area contributed by atoms with Crippen LogP contribution in [0.1, 0.15) is 40.1 Å². The highest BCUT2D eigenvalue weighted by molar-refractivity contribution is 7.18. The lowest BCUT2D eigenvalue weighted by Crippen LogP contribution is -2.11. The molecule has 0 bridgehead atoms. The number of thiophene rings is 1. The van der Waals surface area contributed by atoms with Crippen LogP contribution >= 0.6 is 22.9 Å². The molecular weight excluding hydrogens is 447 g/mol. The van der Waals surface area contributed by atoms with Gasteiger partial charge in [0, 0.05) is 12.8 Å². The largest absolute Gasteiger partial charge is 0.417 e. The maximum atomic E-state index is 13.3. The summed E-state index contributed by atoms with van der Waals surface area (Å²) in [6.07, 6.45) is -3.23. The molecular formula is C23H17ClF3NO2S. The molecule has 0 saturated heterocycles. The molecule has 8 heteroatoms. The van der Waals surface area contributed by atoms with Crippen molar-refractivity contribution in [2.24, 2.45) is 5.16 Å². The lowest BCUT2D eigenvalue weighted by molar-refractivity contribution is -0.137. The summed E-state index contributed by atoms with van der Waals surface area (Å²) in [6.45, 7) is 0. The van der Waals surface area contributed by atoms with Crippen molar-refractivity contribution in [3.05, 3.63) is 81.0 Å². The number of Topliss-reactive ketones (excluding diaryl/α,β-unsaturated/α-hetero) is 1. The van der Waals surface area contributed by atoms with Crippen molar-refractivity contribution in [1.82, 2.24) is 0 Å². The van der Waals surface area contributed by atoms with E-state index in [0.717, 1.165) is 11.6 Å². The second kappa shape index (κ2) is 8.85. The van der Waals surface area contributed by atoms with Gasteiger partial charge in [-0.3, -0.25) is 4.79 Å². The van der Waals surface area contributed by atoms with Crippen LogP contribution in [-0.4, -0.2) is 17.6 Å². The number of rotatable bonds is 6. The van der Waals surface area contributed by atoms with Gasteiger partial charge in [0.1, 0.15) is 6.10 Å². The fraction of sp³-hybridized carbons (Fsp3) is 0.217. The summed E-state index contributed by atoms with van der Waals surface area (Å²) in [6, 6.07) is 15.7. The average molecular weight is 464 g/mol. The van der Waals surface area contributed by atoms with Gasteiger partial charge in [0.2, 0.25) is 0 Å². The van der Waals surface area contributed by atoms with Crippen molar-refractivity contribution in [1.29, 1.82) is 0 Å². The number of hydrogen-bond donors (Lipinski definition) is 0. The van der Waals surface area contributed by atoms with Gasteiger partial charge in [-0.15, -0.1) is 11.3 Å². The fourth-order valence-electron chi connectivity index (χ4n) is 3.46. The van der Waals surface area contributed by atoms with E-state index in [1.807, 2.05) is 0 Å². The van der Waals surface area contributed by atoms with E-state index in [-0.39, 0.29) is 17.5 Å². The minimum atomic E-state index is -4.42. The molecule has 31 heavy (non-hydrogen) atoms. The third kappa shape index (κ3) is 4.99. The van der Waals surface area contributed by atoms with Gasteiger partial charge in [0.25, 0.3) is 0 Å². The molecule has 0 amide bonds. The Morgan fingerprint density at radius 1 is 1.06 bits per heavy atom. The van der Waals surface area contributed by atoms with Crippen molar-refractivity contribution < 1.29 is 22.8 Å². The van der Waals surface area contributed by atoms with Gasteiger partial charge in [0.15, 0.2) is 5.78 Å². The number of carbonyl (C=O) groups is 1. The molecule has 1 aliphatic rings. The van der Waals surface area contributed by atoms with E-state index in [1.54, 1.807) is 42.5 Å². The maximum Gasteiger partial charge on any atom is 0.417 e. The zero-order valence-corrected chi connectivity index (χ0v) is 17.7. The number of nitrogens with zero attached hydrogens (tertiary/aromatic N) is 1. The van der Waals surface area contributed by atoms with Crippen LogP contribution in [0.25, 0.3) is 11.1 Å². The van der Waals surface area contributed by atoms with E-state index in [1.165, 1.54) is 23.5 Å². The van der Waals surface area contributed by atoms with Crippen molar-refractivity contribution in [2.45, 2.75) is 31.5 Å². The minimum absolute atomic E-state index is 0.0154. The summed E-state index contributed by atoms with van der Waals surface area (Å²) in [5.41, 5.74) is 1.45. The summed E-state index contributed by atoms with van der Waals surface area (Å²) in [5.74, 6) is 0.0154. The zero-order chi connectivity index (χ0) is 22.0. The first-order valence-corrected chi connectivity index (χ1v) is 10.8. The molecule has 1 aliphatic heterocycles. The van der Waals surface area contributed by atoms with E-state index < -0.39 is 11.7 Å². The molecule has 0 N–H and O–H groups in total. The Kier molecular flexibility index (Phi) is 6.16. The van der Waals surface area contributed by atoms with Gasteiger partial charge < -0.3 is 4.84 Å². The first-order chi connectivity index (χ1) is 14.8. The standard InChI is InChI=1S/C23H17ClF3NO2S/c24-22-12-11-21(31-22)20(29)10-9-16-13-19(28-30-16)15-7-5-14(6-8-15)17-3-1-2-4-18(17)23(25,26)27/h1-8,11-12,16H,9-10,13H2. The maximum absolute atomic E-state index is 13.3. The molecule has 0 spiro atoms. The van der Waals surface area contributed by atoms with Gasteiger partial charge in [-0.05, 0) is 41.3 Å². The lowest BCUT2D eigenvalue weighted by Gasteiger charge is -2.13. The van der Waals surface area contributed by atoms with Crippen LogP contribution < -0.4 is 0 Å². The number of carbonyl (C=O) groups excluding carboxylic acids is 1. The normalized spacial score (nSPS) is 16.1. The summed E-state index contributed by atoms with van der Waals surface area (Å²) in [4.78, 5) is 18.3.